The minimum absolute atomic E-state index is 0.248. The van der Waals surface area contributed by atoms with Crippen molar-refractivity contribution in [3.8, 4) is 0 Å². The summed E-state index contributed by atoms with van der Waals surface area (Å²) in [5, 5.41) is 14.7. The maximum absolute atomic E-state index is 13.0. The number of carboxylic acid groups (broad SMARTS) is 1. The van der Waals surface area contributed by atoms with Crippen LogP contribution in [0.1, 0.15) is 39.7 Å². The summed E-state index contributed by atoms with van der Waals surface area (Å²) in [5.41, 5.74) is 2.36. The van der Waals surface area contributed by atoms with E-state index in [9.17, 15) is 14.4 Å². The second kappa shape index (κ2) is 9.62. The molecule has 0 bridgehead atoms. The fourth-order valence-corrected chi connectivity index (χ4v) is 4.67. The summed E-state index contributed by atoms with van der Waals surface area (Å²) in [5.74, 6) is -1.36. The van der Waals surface area contributed by atoms with Gasteiger partial charge >= 0.3 is 5.97 Å². The van der Waals surface area contributed by atoms with Crippen molar-refractivity contribution in [1.29, 1.82) is 0 Å². The van der Waals surface area contributed by atoms with E-state index in [0.717, 1.165) is 35.3 Å². The van der Waals surface area contributed by atoms with Crippen LogP contribution in [0.5, 0.6) is 0 Å². The number of amides is 2. The zero-order chi connectivity index (χ0) is 20.8. The fourth-order valence-electron chi connectivity index (χ4n) is 3.25. The number of carbonyl (C=O) groups excluding carboxylic acids is 2. The van der Waals surface area contributed by atoms with Crippen LogP contribution >= 0.6 is 11.3 Å². The smallest absolute Gasteiger partial charge is 0.329 e. The highest BCUT2D eigenvalue weighted by molar-refractivity contribution is 7.17. The van der Waals surface area contributed by atoms with Crippen LogP contribution in [0.2, 0.25) is 0 Å². The maximum Gasteiger partial charge on any atom is 0.329 e. The van der Waals surface area contributed by atoms with Crippen LogP contribution < -0.4 is 10.6 Å². The van der Waals surface area contributed by atoms with Gasteiger partial charge < -0.3 is 20.5 Å². The predicted octanol–water partition coefficient (Wildman–Crippen LogP) is 2.24. The van der Waals surface area contributed by atoms with Crippen molar-refractivity contribution >= 4 is 34.1 Å². The lowest BCUT2D eigenvalue weighted by molar-refractivity contribution is -0.143. The number of carboxylic acids is 1. The van der Waals surface area contributed by atoms with Gasteiger partial charge in [0.15, 0.2) is 0 Å². The summed E-state index contributed by atoms with van der Waals surface area (Å²) < 4.78 is 4.84. The molecule has 154 valence electrons. The molecule has 3 N–H and O–H groups in total. The van der Waals surface area contributed by atoms with Crippen molar-refractivity contribution in [2.75, 3.05) is 18.5 Å². The first-order chi connectivity index (χ1) is 13.9. The number of ether oxygens (including phenoxy) is 1. The molecule has 0 aliphatic heterocycles. The molecule has 0 fully saturated rings. The van der Waals surface area contributed by atoms with Crippen molar-refractivity contribution < 1.29 is 24.2 Å². The van der Waals surface area contributed by atoms with E-state index in [2.05, 4.69) is 22.5 Å². The summed E-state index contributed by atoms with van der Waals surface area (Å²) >= 11 is 1.41. The van der Waals surface area contributed by atoms with Gasteiger partial charge in [-0.25, -0.2) is 4.79 Å². The second-order valence-electron chi connectivity index (χ2n) is 7.03. The maximum atomic E-state index is 13.0. The minimum atomic E-state index is -1.14. The zero-order valence-electron chi connectivity index (χ0n) is 16.1. The van der Waals surface area contributed by atoms with Gasteiger partial charge in [-0.2, -0.15) is 0 Å². The molecule has 29 heavy (non-hydrogen) atoms. The van der Waals surface area contributed by atoms with Crippen molar-refractivity contribution in [3.63, 3.8) is 0 Å². The van der Waals surface area contributed by atoms with Crippen molar-refractivity contribution in [2.24, 2.45) is 5.92 Å². The summed E-state index contributed by atoms with van der Waals surface area (Å²) in [4.78, 5) is 40.8. The normalized spacial score (nSPS) is 15.4. The molecular formula is C20H23N3O5S. The molecule has 8 nitrogen and oxygen atoms in total. The van der Waals surface area contributed by atoms with Gasteiger partial charge in [-0.05, 0) is 42.4 Å². The Kier molecular flexibility index (Phi) is 6.95. The number of nitrogens with zero attached hydrogens (tertiary/aromatic N) is 1. The van der Waals surface area contributed by atoms with E-state index in [-0.39, 0.29) is 12.5 Å². The van der Waals surface area contributed by atoms with E-state index >= 15 is 0 Å². The van der Waals surface area contributed by atoms with Gasteiger partial charge in [-0.15, -0.1) is 11.3 Å². The Hall–Kier alpha value is -2.78. The summed E-state index contributed by atoms with van der Waals surface area (Å²) in [6.07, 6.45) is 6.00. The molecule has 0 saturated heterocycles. The number of thiophene rings is 1. The van der Waals surface area contributed by atoms with E-state index in [1.54, 1.807) is 18.5 Å². The number of fused-ring (bicyclic) bond motifs is 1. The number of nitrogens with one attached hydrogen (secondary N) is 2. The number of rotatable bonds is 8. The zero-order valence-corrected chi connectivity index (χ0v) is 16.9. The number of anilines is 1. The van der Waals surface area contributed by atoms with E-state index in [4.69, 9.17) is 9.84 Å². The first kappa shape index (κ1) is 20.9. The highest BCUT2D eigenvalue weighted by atomic mass is 32.1. The van der Waals surface area contributed by atoms with Crippen LogP contribution in [0.3, 0.4) is 0 Å². The van der Waals surface area contributed by atoms with Crippen LogP contribution in [0.4, 0.5) is 5.00 Å². The molecular weight excluding hydrogens is 394 g/mol. The van der Waals surface area contributed by atoms with Gasteiger partial charge in [0.1, 0.15) is 18.2 Å². The third-order valence-electron chi connectivity index (χ3n) is 4.63. The molecule has 0 radical (unpaired) electrons. The molecule has 0 spiro atoms. The molecule has 3 rings (SSSR count). The lowest BCUT2D eigenvalue weighted by Gasteiger charge is -2.18. The molecule has 0 saturated carbocycles. The van der Waals surface area contributed by atoms with Crippen LogP contribution in [0.15, 0.2) is 24.5 Å². The highest BCUT2D eigenvalue weighted by Crippen LogP contribution is 2.39. The van der Waals surface area contributed by atoms with Crippen LogP contribution in [0, 0.1) is 5.92 Å². The van der Waals surface area contributed by atoms with Crippen LogP contribution in [0.25, 0.3) is 0 Å². The lowest BCUT2D eigenvalue weighted by Crippen LogP contribution is -2.26. The standard InChI is InChI=1S/C20H23N3O5S/c1-12-4-5-14-15(7-12)29-20(23-16(24)10-28-11-17(25)26)18(14)19(27)22-9-13-3-2-6-21-8-13/h2-3,6,8,12H,4-5,7,9-11H2,1H3,(H,22,27)(H,23,24)(H,25,26)/t12-/m0/s1. The SMILES string of the molecule is C[C@H]1CCc2c(sc(NC(=O)COCC(=O)O)c2C(=O)NCc2cccnc2)C1. The van der Waals surface area contributed by atoms with Crippen molar-refractivity contribution in [3.05, 3.63) is 46.1 Å². The molecule has 2 aromatic rings. The Bertz CT molecular complexity index is 897. The Balaban J connectivity index is 1.75. The largest absolute Gasteiger partial charge is 0.480 e. The fraction of sp³-hybridized carbons (Fsp3) is 0.400. The Morgan fingerprint density at radius 2 is 2.17 bits per heavy atom. The number of aliphatic carboxylic acids is 1. The van der Waals surface area contributed by atoms with E-state index in [1.807, 2.05) is 6.07 Å². The van der Waals surface area contributed by atoms with Crippen molar-refractivity contribution in [1.82, 2.24) is 10.3 Å². The number of pyridine rings is 1. The number of carbonyl (C=O) groups is 3. The van der Waals surface area contributed by atoms with E-state index in [1.165, 1.54) is 11.3 Å². The third-order valence-corrected chi connectivity index (χ3v) is 5.80. The minimum Gasteiger partial charge on any atom is -0.480 e. The number of aromatic nitrogens is 1. The van der Waals surface area contributed by atoms with Gasteiger partial charge in [0.2, 0.25) is 0 Å². The topological polar surface area (TPSA) is 118 Å². The highest BCUT2D eigenvalue weighted by Gasteiger charge is 2.28. The predicted molar refractivity (Wildman–Crippen MR) is 108 cm³/mol. The third kappa shape index (κ3) is 5.61. The molecule has 2 aromatic heterocycles. The first-order valence-electron chi connectivity index (χ1n) is 9.35. The van der Waals surface area contributed by atoms with E-state index in [0.29, 0.717) is 23.0 Å². The van der Waals surface area contributed by atoms with Gasteiger partial charge in [0.05, 0.1) is 5.56 Å². The first-order valence-corrected chi connectivity index (χ1v) is 10.2. The second-order valence-corrected chi connectivity index (χ2v) is 8.14. The van der Waals surface area contributed by atoms with Crippen LogP contribution in [-0.2, 0) is 33.7 Å². The van der Waals surface area contributed by atoms with Gasteiger partial charge in [-0.3, -0.25) is 14.6 Å². The Morgan fingerprint density at radius 1 is 1.34 bits per heavy atom. The van der Waals surface area contributed by atoms with Gasteiger partial charge in [-0.1, -0.05) is 13.0 Å². The molecule has 2 heterocycles. The number of hydrogen-bond donors (Lipinski definition) is 3. The molecule has 9 heteroatoms. The molecule has 2 amide bonds. The molecule has 1 atom stereocenters. The molecule has 1 aliphatic carbocycles. The van der Waals surface area contributed by atoms with E-state index < -0.39 is 18.5 Å². The average Bonchev–Trinajstić information content (AvgIpc) is 3.03. The quantitative estimate of drug-likeness (QED) is 0.606. The summed E-state index contributed by atoms with van der Waals surface area (Å²) in [6, 6.07) is 3.68. The lowest BCUT2D eigenvalue weighted by atomic mass is 9.88. The molecule has 0 unspecified atom stereocenters. The Morgan fingerprint density at radius 3 is 2.90 bits per heavy atom. The molecule has 0 aromatic carbocycles. The average molecular weight is 417 g/mol. The number of hydrogen-bond acceptors (Lipinski definition) is 6. The summed E-state index contributed by atoms with van der Waals surface area (Å²) in [6.45, 7) is 1.57. The molecule has 1 aliphatic rings. The summed E-state index contributed by atoms with van der Waals surface area (Å²) in [7, 11) is 0. The van der Waals surface area contributed by atoms with Crippen molar-refractivity contribution in [2.45, 2.75) is 32.7 Å². The monoisotopic (exact) mass is 417 g/mol. The van der Waals surface area contributed by atoms with Gasteiger partial charge in [0.25, 0.3) is 11.8 Å². The Labute approximate surface area is 172 Å². The van der Waals surface area contributed by atoms with Gasteiger partial charge in [0, 0.05) is 23.8 Å². The van der Waals surface area contributed by atoms with Crippen LogP contribution in [-0.4, -0.2) is 41.1 Å².